The number of carbonyl (C=O) groups excluding carboxylic acids is 1. The van der Waals surface area contributed by atoms with Gasteiger partial charge in [0, 0.05) is 37.4 Å². The van der Waals surface area contributed by atoms with E-state index in [0.29, 0.717) is 18.3 Å². The smallest absolute Gasteiger partial charge is 0.269 e. The molecule has 2 heterocycles. The third-order valence-electron chi connectivity index (χ3n) is 5.45. The lowest BCUT2D eigenvalue weighted by Crippen LogP contribution is -2.27. The number of hydrogen-bond donors (Lipinski definition) is 2. The number of rotatable bonds is 7. The fraction of sp³-hybridized carbons (Fsp3) is 0.409. The van der Waals surface area contributed by atoms with Crippen LogP contribution in [0.1, 0.15) is 46.9 Å². The van der Waals surface area contributed by atoms with Gasteiger partial charge in [0.2, 0.25) is 0 Å². The van der Waals surface area contributed by atoms with Gasteiger partial charge >= 0.3 is 0 Å². The first kappa shape index (κ1) is 20.8. The average Bonchev–Trinajstić information content (AvgIpc) is 3.25. The Morgan fingerprint density at radius 2 is 1.93 bits per heavy atom. The van der Waals surface area contributed by atoms with Gasteiger partial charge in [0.1, 0.15) is 5.69 Å². The minimum Gasteiger partial charge on any atom is -0.347 e. The number of amides is 1. The fourth-order valence-corrected chi connectivity index (χ4v) is 3.32. The van der Waals surface area contributed by atoms with Crippen LogP contribution < -0.4 is 5.32 Å². The molecule has 3 aromatic rings. The molecule has 0 spiro atoms. The maximum Gasteiger partial charge on any atom is 0.269 e. The number of aromatic amines is 1. The minimum atomic E-state index is -0.171. The van der Waals surface area contributed by atoms with Gasteiger partial charge in [0.25, 0.3) is 5.91 Å². The van der Waals surface area contributed by atoms with Gasteiger partial charge in [-0.2, -0.15) is 10.2 Å². The summed E-state index contributed by atoms with van der Waals surface area (Å²) >= 11 is 0. The van der Waals surface area contributed by atoms with Gasteiger partial charge in [-0.3, -0.25) is 19.5 Å². The normalized spacial score (nSPS) is 11.4. The number of benzene rings is 1. The molecular weight excluding hydrogens is 364 g/mol. The van der Waals surface area contributed by atoms with E-state index in [0.717, 1.165) is 34.8 Å². The van der Waals surface area contributed by atoms with Crippen LogP contribution in [0.3, 0.4) is 0 Å². The Kier molecular flexibility index (Phi) is 6.17. The summed E-state index contributed by atoms with van der Waals surface area (Å²) in [7, 11) is 4.01. The highest BCUT2D eigenvalue weighted by Gasteiger charge is 2.17. The molecule has 0 saturated heterocycles. The zero-order valence-electron chi connectivity index (χ0n) is 18.1. The average molecular weight is 395 g/mol. The zero-order chi connectivity index (χ0) is 21.1. The number of hydrogen-bond acceptors (Lipinski definition) is 4. The molecule has 0 radical (unpaired) electrons. The van der Waals surface area contributed by atoms with Crippen molar-refractivity contribution in [2.75, 3.05) is 7.05 Å². The van der Waals surface area contributed by atoms with Crippen molar-refractivity contribution in [2.24, 2.45) is 7.05 Å². The van der Waals surface area contributed by atoms with E-state index >= 15 is 0 Å². The predicted molar refractivity (Wildman–Crippen MR) is 114 cm³/mol. The number of nitrogens with one attached hydrogen (secondary N) is 2. The van der Waals surface area contributed by atoms with Gasteiger partial charge < -0.3 is 5.32 Å². The summed E-state index contributed by atoms with van der Waals surface area (Å²) in [6.07, 6.45) is 0. The summed E-state index contributed by atoms with van der Waals surface area (Å²) in [5.41, 5.74) is 6.39. The van der Waals surface area contributed by atoms with Crippen molar-refractivity contribution < 1.29 is 4.79 Å². The maximum absolute atomic E-state index is 12.7. The minimum absolute atomic E-state index is 0.171. The van der Waals surface area contributed by atoms with Crippen molar-refractivity contribution in [2.45, 2.75) is 46.8 Å². The lowest BCUT2D eigenvalue weighted by atomic mass is 10.1. The van der Waals surface area contributed by atoms with E-state index < -0.39 is 0 Å². The first-order chi connectivity index (χ1) is 13.8. The van der Waals surface area contributed by atoms with Gasteiger partial charge in [-0.15, -0.1) is 0 Å². The van der Waals surface area contributed by atoms with E-state index in [9.17, 15) is 4.79 Å². The van der Waals surface area contributed by atoms with E-state index in [1.165, 1.54) is 5.56 Å². The van der Waals surface area contributed by atoms with Gasteiger partial charge in [-0.25, -0.2) is 0 Å². The van der Waals surface area contributed by atoms with Crippen molar-refractivity contribution in [3.8, 4) is 11.3 Å². The second kappa shape index (κ2) is 8.61. The molecule has 0 aliphatic heterocycles. The van der Waals surface area contributed by atoms with E-state index in [1.54, 1.807) is 6.07 Å². The van der Waals surface area contributed by atoms with Crippen molar-refractivity contribution in [3.63, 3.8) is 0 Å². The Bertz CT molecular complexity index is 1000. The Morgan fingerprint density at radius 3 is 2.55 bits per heavy atom. The van der Waals surface area contributed by atoms with Crippen LogP contribution in [-0.2, 0) is 20.1 Å². The van der Waals surface area contributed by atoms with Crippen molar-refractivity contribution in [1.82, 2.24) is 30.2 Å². The molecule has 1 aromatic carbocycles. The van der Waals surface area contributed by atoms with Crippen molar-refractivity contribution in [1.29, 1.82) is 0 Å². The van der Waals surface area contributed by atoms with Crippen LogP contribution in [0, 0.1) is 13.8 Å². The number of H-pyrrole nitrogens is 1. The zero-order valence-corrected chi connectivity index (χ0v) is 18.1. The Balaban J connectivity index is 1.71. The van der Waals surface area contributed by atoms with E-state index in [4.69, 9.17) is 0 Å². The molecule has 29 heavy (non-hydrogen) atoms. The van der Waals surface area contributed by atoms with Crippen molar-refractivity contribution >= 4 is 5.91 Å². The van der Waals surface area contributed by atoms with E-state index in [-0.39, 0.29) is 5.91 Å². The molecule has 0 bridgehead atoms. The van der Waals surface area contributed by atoms with Crippen LogP contribution in [-0.4, -0.2) is 43.9 Å². The molecule has 154 valence electrons. The third-order valence-corrected chi connectivity index (χ3v) is 5.45. The molecule has 1 amide bonds. The van der Waals surface area contributed by atoms with Crippen LogP contribution >= 0.6 is 0 Å². The number of nitrogens with zero attached hydrogens (tertiary/aromatic N) is 4. The molecule has 7 nitrogen and oxygen atoms in total. The van der Waals surface area contributed by atoms with Crippen LogP contribution in [0.2, 0.25) is 0 Å². The monoisotopic (exact) mass is 394 g/mol. The summed E-state index contributed by atoms with van der Waals surface area (Å²) < 4.78 is 1.82. The second-order valence-electron chi connectivity index (χ2n) is 7.80. The van der Waals surface area contributed by atoms with E-state index in [2.05, 4.69) is 58.5 Å². The molecule has 7 heteroatoms. The molecule has 3 rings (SSSR count). The Morgan fingerprint density at radius 1 is 1.24 bits per heavy atom. The highest BCUT2D eigenvalue weighted by Crippen LogP contribution is 2.25. The highest BCUT2D eigenvalue weighted by atomic mass is 16.1. The standard InChI is InChI=1S/C22H30N6O/c1-14(2)27(5)13-18-10-8-7-9-17(18)12-23-22(29)20-11-19(24-25-20)21-15(3)26-28(6)16(21)4/h7-11,14H,12-13H2,1-6H3,(H,23,29)(H,24,25). The largest absolute Gasteiger partial charge is 0.347 e. The lowest BCUT2D eigenvalue weighted by molar-refractivity contribution is 0.0945. The van der Waals surface area contributed by atoms with Gasteiger partial charge in [0.05, 0.1) is 11.4 Å². The maximum atomic E-state index is 12.7. The molecule has 0 aliphatic carbocycles. The number of aryl methyl sites for hydroxylation is 2. The molecule has 0 saturated carbocycles. The fourth-order valence-electron chi connectivity index (χ4n) is 3.32. The van der Waals surface area contributed by atoms with Crippen LogP contribution in [0.25, 0.3) is 11.3 Å². The van der Waals surface area contributed by atoms with Gasteiger partial charge in [0.15, 0.2) is 0 Å². The molecule has 0 aliphatic rings. The van der Waals surface area contributed by atoms with E-state index in [1.807, 2.05) is 37.7 Å². The SMILES string of the molecule is Cc1nn(C)c(C)c1-c1cc(C(=O)NCc2ccccc2CN(C)C(C)C)[nH]n1. The number of carbonyl (C=O) groups is 1. The Hall–Kier alpha value is -2.93. The first-order valence-electron chi connectivity index (χ1n) is 9.89. The summed E-state index contributed by atoms with van der Waals surface area (Å²) in [6.45, 7) is 9.60. The molecule has 2 N–H and O–H groups in total. The van der Waals surface area contributed by atoms with Gasteiger partial charge in [-0.1, -0.05) is 24.3 Å². The predicted octanol–water partition coefficient (Wildman–Crippen LogP) is 3.20. The summed E-state index contributed by atoms with van der Waals surface area (Å²) in [6, 6.07) is 10.5. The molecule has 2 aromatic heterocycles. The summed E-state index contributed by atoms with van der Waals surface area (Å²) in [5.74, 6) is -0.171. The number of aromatic nitrogens is 4. The highest BCUT2D eigenvalue weighted by molar-refractivity contribution is 5.93. The molecular formula is C22H30N6O. The van der Waals surface area contributed by atoms with Crippen LogP contribution in [0.15, 0.2) is 30.3 Å². The molecule has 0 fully saturated rings. The Labute approximate surface area is 172 Å². The third kappa shape index (κ3) is 4.56. The lowest BCUT2D eigenvalue weighted by Gasteiger charge is -2.22. The first-order valence-corrected chi connectivity index (χ1v) is 9.89. The molecule has 0 atom stereocenters. The summed E-state index contributed by atoms with van der Waals surface area (Å²) in [5, 5.41) is 14.6. The van der Waals surface area contributed by atoms with Gasteiger partial charge in [-0.05, 0) is 51.9 Å². The summed E-state index contributed by atoms with van der Waals surface area (Å²) in [4.78, 5) is 14.9. The quantitative estimate of drug-likeness (QED) is 0.645. The second-order valence-corrected chi connectivity index (χ2v) is 7.80. The van der Waals surface area contributed by atoms with Crippen LogP contribution in [0.5, 0.6) is 0 Å². The topological polar surface area (TPSA) is 78.8 Å². The van der Waals surface area contributed by atoms with Crippen LogP contribution in [0.4, 0.5) is 0 Å². The molecule has 0 unspecified atom stereocenters. The van der Waals surface area contributed by atoms with Crippen molar-refractivity contribution in [3.05, 3.63) is 58.5 Å².